The molecular weight excluding hydrogens is 244 g/mol. The summed E-state index contributed by atoms with van der Waals surface area (Å²) in [4.78, 5) is 14.5. The Labute approximate surface area is 101 Å². The van der Waals surface area contributed by atoms with Gasteiger partial charge < -0.3 is 9.52 Å². The van der Waals surface area contributed by atoms with Crippen LogP contribution < -0.4 is 0 Å². The molecule has 2 rings (SSSR count). The average Bonchev–Trinajstić information content (AvgIpc) is 2.86. The highest BCUT2D eigenvalue weighted by Crippen LogP contribution is 2.15. The number of aryl methyl sites for hydroxylation is 1. The van der Waals surface area contributed by atoms with Crippen molar-refractivity contribution in [1.29, 1.82) is 0 Å². The van der Waals surface area contributed by atoms with Gasteiger partial charge in [0.2, 0.25) is 5.89 Å². The van der Waals surface area contributed by atoms with Gasteiger partial charge in [0.15, 0.2) is 5.16 Å². The van der Waals surface area contributed by atoms with Crippen LogP contribution in [0.3, 0.4) is 0 Å². The highest BCUT2D eigenvalue weighted by molar-refractivity contribution is 7.99. The van der Waals surface area contributed by atoms with E-state index in [0.717, 1.165) is 17.5 Å². The fourth-order valence-corrected chi connectivity index (χ4v) is 1.85. The van der Waals surface area contributed by atoms with Crippen LogP contribution in [0.2, 0.25) is 0 Å². The van der Waals surface area contributed by atoms with Gasteiger partial charge in [-0.1, -0.05) is 11.8 Å². The lowest BCUT2D eigenvalue weighted by Gasteiger charge is -2.01. The molecule has 0 saturated heterocycles. The molecule has 0 amide bonds. The predicted octanol–water partition coefficient (Wildman–Crippen LogP) is 0.800. The molecule has 2 aromatic heterocycles. The summed E-state index contributed by atoms with van der Waals surface area (Å²) < 4.78 is 7.02. The molecule has 1 N–H and O–H groups in total. The molecule has 8 heteroatoms. The SMILES string of the molecule is Cc1cnc(Cn2cnnc2SCC(=O)O)o1. The lowest BCUT2D eigenvalue weighted by molar-refractivity contribution is -0.133. The standard InChI is InChI=1S/C9H10N4O3S/c1-6-2-10-7(16-6)3-13-5-11-12-9(13)17-4-8(14)15/h2,5H,3-4H2,1H3,(H,14,15). The normalized spacial score (nSPS) is 10.6. The zero-order valence-electron chi connectivity index (χ0n) is 9.03. The predicted molar refractivity (Wildman–Crippen MR) is 58.7 cm³/mol. The number of nitrogens with zero attached hydrogens (tertiary/aromatic N) is 4. The molecule has 0 aliphatic carbocycles. The minimum absolute atomic E-state index is 0.0523. The molecule has 0 fully saturated rings. The van der Waals surface area contributed by atoms with E-state index in [0.29, 0.717) is 17.6 Å². The molecule has 90 valence electrons. The van der Waals surface area contributed by atoms with Gasteiger partial charge >= 0.3 is 5.97 Å². The maximum atomic E-state index is 10.5. The third-order valence-electron chi connectivity index (χ3n) is 1.88. The van der Waals surface area contributed by atoms with Crippen molar-refractivity contribution in [3.8, 4) is 0 Å². The van der Waals surface area contributed by atoms with E-state index in [1.54, 1.807) is 10.8 Å². The molecule has 2 aromatic rings. The average molecular weight is 254 g/mol. The summed E-state index contributed by atoms with van der Waals surface area (Å²) in [6, 6.07) is 0. The van der Waals surface area contributed by atoms with E-state index in [1.165, 1.54) is 6.33 Å². The van der Waals surface area contributed by atoms with Crippen LogP contribution in [0.5, 0.6) is 0 Å². The highest BCUT2D eigenvalue weighted by atomic mass is 32.2. The third-order valence-corrected chi connectivity index (χ3v) is 2.85. The lowest BCUT2D eigenvalue weighted by atomic mass is 10.6. The van der Waals surface area contributed by atoms with Crippen LogP contribution >= 0.6 is 11.8 Å². The van der Waals surface area contributed by atoms with Crippen LogP contribution in [0.4, 0.5) is 0 Å². The van der Waals surface area contributed by atoms with Crippen molar-refractivity contribution in [3.63, 3.8) is 0 Å². The van der Waals surface area contributed by atoms with E-state index in [2.05, 4.69) is 15.2 Å². The fraction of sp³-hybridized carbons (Fsp3) is 0.333. The third kappa shape index (κ3) is 3.06. The number of hydrogen-bond donors (Lipinski definition) is 1. The van der Waals surface area contributed by atoms with Crippen LogP contribution in [0.15, 0.2) is 22.1 Å². The molecule has 0 aliphatic heterocycles. The van der Waals surface area contributed by atoms with Crippen molar-refractivity contribution >= 4 is 17.7 Å². The molecule has 7 nitrogen and oxygen atoms in total. The first kappa shape index (κ1) is 11.6. The van der Waals surface area contributed by atoms with Gasteiger partial charge in [-0.15, -0.1) is 10.2 Å². The highest BCUT2D eigenvalue weighted by Gasteiger charge is 2.10. The first-order valence-corrected chi connectivity index (χ1v) is 5.77. The van der Waals surface area contributed by atoms with E-state index in [1.807, 2.05) is 6.92 Å². The summed E-state index contributed by atoms with van der Waals surface area (Å²) in [5.74, 6) is 0.326. The molecule has 2 heterocycles. The van der Waals surface area contributed by atoms with Crippen molar-refractivity contribution < 1.29 is 14.3 Å². The van der Waals surface area contributed by atoms with Crippen molar-refractivity contribution in [2.45, 2.75) is 18.6 Å². The first-order valence-electron chi connectivity index (χ1n) is 4.79. The van der Waals surface area contributed by atoms with Gasteiger partial charge in [-0.05, 0) is 6.92 Å². The Morgan fingerprint density at radius 2 is 2.47 bits per heavy atom. The topological polar surface area (TPSA) is 94.0 Å². The molecule has 0 radical (unpaired) electrons. The smallest absolute Gasteiger partial charge is 0.313 e. The Morgan fingerprint density at radius 3 is 3.12 bits per heavy atom. The summed E-state index contributed by atoms with van der Waals surface area (Å²) in [5.41, 5.74) is 0. The van der Waals surface area contributed by atoms with Crippen molar-refractivity contribution in [2.24, 2.45) is 0 Å². The quantitative estimate of drug-likeness (QED) is 0.788. The molecule has 0 aliphatic rings. The number of oxazole rings is 1. The van der Waals surface area contributed by atoms with Crippen molar-refractivity contribution in [1.82, 2.24) is 19.7 Å². The molecule has 0 spiro atoms. The number of aromatic nitrogens is 4. The summed E-state index contributed by atoms with van der Waals surface area (Å²) in [6.45, 7) is 2.20. The van der Waals surface area contributed by atoms with Crippen LogP contribution in [-0.4, -0.2) is 36.6 Å². The second-order valence-electron chi connectivity index (χ2n) is 3.29. The van der Waals surface area contributed by atoms with Crippen LogP contribution in [0.1, 0.15) is 11.7 Å². The summed E-state index contributed by atoms with van der Waals surface area (Å²) in [7, 11) is 0. The maximum absolute atomic E-state index is 10.5. The van der Waals surface area contributed by atoms with Gasteiger partial charge in [-0.3, -0.25) is 9.36 Å². The molecule has 0 unspecified atom stereocenters. The van der Waals surface area contributed by atoms with E-state index in [-0.39, 0.29) is 5.75 Å². The van der Waals surface area contributed by atoms with Gasteiger partial charge in [-0.2, -0.15) is 0 Å². The van der Waals surface area contributed by atoms with Gasteiger partial charge in [-0.25, -0.2) is 4.98 Å². The van der Waals surface area contributed by atoms with E-state index in [9.17, 15) is 4.79 Å². The van der Waals surface area contributed by atoms with Crippen molar-refractivity contribution in [2.75, 3.05) is 5.75 Å². The molecule has 0 bridgehead atoms. The Kier molecular flexibility index (Phi) is 3.43. The molecular formula is C9H10N4O3S. The summed E-state index contributed by atoms with van der Waals surface area (Å²) >= 11 is 1.11. The van der Waals surface area contributed by atoms with Crippen LogP contribution in [0.25, 0.3) is 0 Å². The zero-order valence-corrected chi connectivity index (χ0v) is 9.85. The second-order valence-corrected chi connectivity index (χ2v) is 4.23. The van der Waals surface area contributed by atoms with Crippen LogP contribution in [0, 0.1) is 6.92 Å². The minimum atomic E-state index is -0.892. The zero-order chi connectivity index (χ0) is 12.3. The lowest BCUT2D eigenvalue weighted by Crippen LogP contribution is -2.03. The number of rotatable bonds is 5. The number of carboxylic acid groups (broad SMARTS) is 1. The minimum Gasteiger partial charge on any atom is -0.481 e. The number of carbonyl (C=O) groups is 1. The van der Waals surface area contributed by atoms with Gasteiger partial charge in [0.1, 0.15) is 18.6 Å². The fourth-order valence-electron chi connectivity index (χ4n) is 1.21. The maximum Gasteiger partial charge on any atom is 0.313 e. The van der Waals surface area contributed by atoms with E-state index >= 15 is 0 Å². The summed E-state index contributed by atoms with van der Waals surface area (Å²) in [6.07, 6.45) is 3.15. The Balaban J connectivity index is 2.06. The Morgan fingerprint density at radius 1 is 1.65 bits per heavy atom. The Bertz CT molecular complexity index is 522. The molecule has 0 aromatic carbocycles. The van der Waals surface area contributed by atoms with Crippen LogP contribution in [-0.2, 0) is 11.3 Å². The number of aliphatic carboxylic acids is 1. The van der Waals surface area contributed by atoms with Crippen molar-refractivity contribution in [3.05, 3.63) is 24.2 Å². The van der Waals surface area contributed by atoms with Gasteiger partial charge in [0.25, 0.3) is 0 Å². The molecule has 17 heavy (non-hydrogen) atoms. The molecule has 0 saturated carbocycles. The van der Waals surface area contributed by atoms with Gasteiger partial charge in [0, 0.05) is 0 Å². The second kappa shape index (κ2) is 5.00. The Hall–Kier alpha value is -1.83. The number of thioether (sulfide) groups is 1. The number of carboxylic acids is 1. The van der Waals surface area contributed by atoms with Gasteiger partial charge in [0.05, 0.1) is 11.9 Å². The monoisotopic (exact) mass is 254 g/mol. The number of hydrogen-bond acceptors (Lipinski definition) is 6. The summed E-state index contributed by atoms with van der Waals surface area (Å²) in [5, 5.41) is 16.7. The first-order chi connectivity index (χ1) is 8.15. The largest absolute Gasteiger partial charge is 0.481 e. The van der Waals surface area contributed by atoms with E-state index in [4.69, 9.17) is 9.52 Å². The molecule has 0 atom stereocenters. The van der Waals surface area contributed by atoms with E-state index < -0.39 is 5.97 Å².